The quantitative estimate of drug-likeness (QED) is 0.264. The zero-order valence-corrected chi connectivity index (χ0v) is 27.6. The first-order valence-electron chi connectivity index (χ1n) is 15.9. The molecule has 0 spiro atoms. The van der Waals surface area contributed by atoms with E-state index in [1.807, 2.05) is 37.2 Å². The van der Waals surface area contributed by atoms with Crippen LogP contribution < -0.4 is 16.0 Å². The minimum absolute atomic E-state index is 0.0282. The largest absolute Gasteiger partial charge is 0.505 e. The summed E-state index contributed by atoms with van der Waals surface area (Å²) in [6, 6.07) is 9.81. The number of aliphatic hydroxyl groups is 1. The van der Waals surface area contributed by atoms with Crippen LogP contribution in [0.1, 0.15) is 68.1 Å². The van der Waals surface area contributed by atoms with Crippen LogP contribution in [0.25, 0.3) is 0 Å². The number of hydrogen-bond acceptors (Lipinski definition) is 9. The fourth-order valence-corrected chi connectivity index (χ4v) is 8.10. The van der Waals surface area contributed by atoms with E-state index in [1.165, 1.54) is 0 Å². The predicted molar refractivity (Wildman–Crippen MR) is 173 cm³/mol. The van der Waals surface area contributed by atoms with Crippen LogP contribution in [0.4, 0.5) is 11.4 Å². The summed E-state index contributed by atoms with van der Waals surface area (Å²) in [4.78, 5) is 69.5. The van der Waals surface area contributed by atoms with E-state index in [4.69, 9.17) is 5.73 Å². The normalized spacial score (nSPS) is 27.6. The average Bonchev–Trinajstić information content (AvgIpc) is 2.94. The van der Waals surface area contributed by atoms with Gasteiger partial charge in [0.2, 0.25) is 5.91 Å². The first kappa shape index (κ1) is 33.3. The molecular weight excluding hydrogens is 586 g/mol. The molecule has 5 N–H and O–H groups in total. The van der Waals surface area contributed by atoms with Gasteiger partial charge in [0, 0.05) is 38.2 Å². The summed E-state index contributed by atoms with van der Waals surface area (Å²) in [5.41, 5.74) is 6.50. The number of phenols is 1. The van der Waals surface area contributed by atoms with Crippen molar-refractivity contribution in [3.05, 3.63) is 52.6 Å². The number of nitrogens with zero attached hydrogens (tertiary/aromatic N) is 1. The standard InChI is InChI=1S/C36H45N3O7/c1-17(2)25-22-13-20-12-21-24(39(6)7)14-23(38-16-19-11-9-8-10-18(19)15-35(3,4)5)29(40)27(21)31(42)26(20)32(43)36(22,46)33(44)28(30(25)41)34(37)45/h8-11,14,17,20,22,25-26,28,38,40,46H,12-13,15-16H2,1-7H3,(H2,37,45)/t20-,22-,25-,26?,28?,36-/m0/s1. The summed E-state index contributed by atoms with van der Waals surface area (Å²) in [5.74, 6) is -11.7. The highest BCUT2D eigenvalue weighted by molar-refractivity contribution is 6.32. The van der Waals surface area contributed by atoms with Gasteiger partial charge in [-0.15, -0.1) is 0 Å². The second kappa shape index (κ2) is 11.6. The van der Waals surface area contributed by atoms with E-state index in [-0.39, 0.29) is 29.6 Å². The molecule has 3 aliphatic rings. The Morgan fingerprint density at radius 3 is 2.28 bits per heavy atom. The molecule has 0 aromatic heterocycles. The Labute approximate surface area is 269 Å². The van der Waals surface area contributed by atoms with Crippen LogP contribution in [0, 0.1) is 40.9 Å². The summed E-state index contributed by atoms with van der Waals surface area (Å²) in [6.07, 6.45) is 1.10. The van der Waals surface area contributed by atoms with Gasteiger partial charge in [0.15, 0.2) is 34.7 Å². The number of carbonyl (C=O) groups excluding carboxylic acids is 5. The van der Waals surface area contributed by atoms with Crippen LogP contribution >= 0.6 is 0 Å². The highest BCUT2D eigenvalue weighted by Gasteiger charge is 2.69. The Hall–Kier alpha value is -4.05. The molecule has 246 valence electrons. The SMILES string of the molecule is CC(C)[C@@H]1C(=O)C(C(N)=O)C(=O)[C@@]2(O)C(=O)C3C(=O)c4c(O)c(NCc5ccccc5CC(C)(C)C)cc(N(C)C)c4C[C@H]3C[C@@H]12. The molecule has 2 aromatic carbocycles. The van der Waals surface area contributed by atoms with Gasteiger partial charge in [-0.3, -0.25) is 24.0 Å². The van der Waals surface area contributed by atoms with Gasteiger partial charge in [0.1, 0.15) is 5.75 Å². The van der Waals surface area contributed by atoms with E-state index in [0.29, 0.717) is 23.5 Å². The van der Waals surface area contributed by atoms with Crippen LogP contribution in [0.2, 0.25) is 0 Å². The summed E-state index contributed by atoms with van der Waals surface area (Å²) < 4.78 is 0. The van der Waals surface area contributed by atoms with Crippen molar-refractivity contribution in [3.63, 3.8) is 0 Å². The predicted octanol–water partition coefficient (Wildman–Crippen LogP) is 3.48. The minimum atomic E-state index is -2.72. The van der Waals surface area contributed by atoms with E-state index < -0.39 is 70.1 Å². The maximum absolute atomic E-state index is 14.3. The molecule has 0 radical (unpaired) electrons. The summed E-state index contributed by atoms with van der Waals surface area (Å²) in [5, 5.41) is 26.8. The van der Waals surface area contributed by atoms with Gasteiger partial charge in [-0.25, -0.2) is 0 Å². The number of carbonyl (C=O) groups is 5. The lowest BCUT2D eigenvalue weighted by Gasteiger charge is -2.52. The zero-order chi connectivity index (χ0) is 34.0. The highest BCUT2D eigenvalue weighted by Crippen LogP contribution is 2.54. The summed E-state index contributed by atoms with van der Waals surface area (Å²) in [7, 11) is 3.65. The molecule has 0 aliphatic heterocycles. The molecule has 0 bridgehead atoms. The molecule has 0 saturated heterocycles. The molecule has 2 aromatic rings. The number of anilines is 2. The highest BCUT2D eigenvalue weighted by atomic mass is 16.3. The number of hydrogen-bond donors (Lipinski definition) is 4. The molecule has 10 nitrogen and oxygen atoms in total. The number of phenolic OH excluding ortho intramolecular Hbond substituents is 1. The number of nitrogens with one attached hydrogen (secondary N) is 1. The first-order valence-corrected chi connectivity index (χ1v) is 15.9. The van der Waals surface area contributed by atoms with E-state index in [0.717, 1.165) is 17.5 Å². The number of benzene rings is 2. The van der Waals surface area contributed by atoms with Crippen LogP contribution in [-0.4, -0.2) is 58.9 Å². The molecule has 2 unspecified atom stereocenters. The minimum Gasteiger partial charge on any atom is -0.505 e. The lowest BCUT2D eigenvalue weighted by Crippen LogP contribution is -2.71. The van der Waals surface area contributed by atoms with Crippen molar-refractivity contribution in [1.29, 1.82) is 0 Å². The Morgan fingerprint density at radius 1 is 1.09 bits per heavy atom. The Kier molecular flexibility index (Phi) is 8.43. The molecule has 46 heavy (non-hydrogen) atoms. The van der Waals surface area contributed by atoms with Crippen molar-refractivity contribution in [2.75, 3.05) is 24.3 Å². The Balaban J connectivity index is 1.57. The second-order valence-electron chi connectivity index (χ2n) is 15.1. The smallest absolute Gasteiger partial charge is 0.235 e. The zero-order valence-electron chi connectivity index (χ0n) is 27.6. The van der Waals surface area contributed by atoms with Gasteiger partial charge in [-0.2, -0.15) is 0 Å². The molecule has 2 fully saturated rings. The number of nitrogens with two attached hydrogens (primary N) is 1. The van der Waals surface area contributed by atoms with Crippen LogP contribution in [-0.2, 0) is 38.6 Å². The third-order valence-electron chi connectivity index (χ3n) is 10.1. The number of Topliss-reactive ketones (excluding diaryl/α,β-unsaturated/α-hetero) is 4. The maximum atomic E-state index is 14.3. The summed E-state index contributed by atoms with van der Waals surface area (Å²) in [6.45, 7) is 10.3. The number of fused-ring (bicyclic) bond motifs is 3. The van der Waals surface area contributed by atoms with Crippen molar-refractivity contribution in [2.45, 2.75) is 66.0 Å². The van der Waals surface area contributed by atoms with Gasteiger partial charge in [0.25, 0.3) is 0 Å². The number of amides is 1. The van der Waals surface area contributed by atoms with Crippen molar-refractivity contribution < 1.29 is 34.2 Å². The van der Waals surface area contributed by atoms with Crippen LogP contribution in [0.5, 0.6) is 5.75 Å². The first-order chi connectivity index (χ1) is 21.4. The van der Waals surface area contributed by atoms with E-state index in [9.17, 15) is 34.2 Å². The topological polar surface area (TPSA) is 167 Å². The van der Waals surface area contributed by atoms with Crippen LogP contribution in [0.3, 0.4) is 0 Å². The lowest BCUT2D eigenvalue weighted by molar-refractivity contribution is -0.182. The van der Waals surface area contributed by atoms with E-state index in [2.05, 4.69) is 32.2 Å². The van der Waals surface area contributed by atoms with Gasteiger partial charge in [0.05, 0.1) is 17.2 Å². The molecule has 0 heterocycles. The molecule has 6 atom stereocenters. The Bertz CT molecular complexity index is 1640. The van der Waals surface area contributed by atoms with Crippen LogP contribution in [0.15, 0.2) is 30.3 Å². The fraction of sp³-hybridized carbons (Fsp3) is 0.528. The molecule has 5 rings (SSSR count). The fourth-order valence-electron chi connectivity index (χ4n) is 8.10. The molecule has 1 amide bonds. The number of rotatable bonds is 7. The summed E-state index contributed by atoms with van der Waals surface area (Å²) >= 11 is 0. The van der Waals surface area contributed by atoms with Gasteiger partial charge < -0.3 is 26.2 Å². The van der Waals surface area contributed by atoms with Gasteiger partial charge in [-0.05, 0) is 59.3 Å². The average molecular weight is 632 g/mol. The lowest BCUT2D eigenvalue weighted by atomic mass is 9.50. The van der Waals surface area contributed by atoms with Crippen molar-refractivity contribution in [1.82, 2.24) is 0 Å². The monoisotopic (exact) mass is 631 g/mol. The van der Waals surface area contributed by atoms with Crippen molar-refractivity contribution >= 4 is 40.4 Å². The number of primary amides is 1. The molecule has 10 heteroatoms. The maximum Gasteiger partial charge on any atom is 0.235 e. The van der Waals surface area contributed by atoms with Gasteiger partial charge >= 0.3 is 0 Å². The van der Waals surface area contributed by atoms with Gasteiger partial charge in [-0.1, -0.05) is 58.9 Å². The van der Waals surface area contributed by atoms with E-state index >= 15 is 0 Å². The third-order valence-corrected chi connectivity index (χ3v) is 10.1. The van der Waals surface area contributed by atoms with Crippen molar-refractivity contribution in [2.24, 2.45) is 46.7 Å². The number of ketones is 4. The third kappa shape index (κ3) is 5.30. The second-order valence-corrected chi connectivity index (χ2v) is 15.1. The van der Waals surface area contributed by atoms with E-state index in [1.54, 1.807) is 19.9 Å². The molecule has 3 aliphatic carbocycles. The molecular formula is C36H45N3O7. The molecule has 2 saturated carbocycles. The van der Waals surface area contributed by atoms with Crippen molar-refractivity contribution in [3.8, 4) is 5.75 Å². The number of aromatic hydroxyl groups is 1. The Morgan fingerprint density at radius 2 is 1.72 bits per heavy atom.